The lowest BCUT2D eigenvalue weighted by atomic mass is 9.45. The lowest BCUT2D eigenvalue weighted by Crippen LogP contribution is -2.56. The Morgan fingerprint density at radius 2 is 1.69 bits per heavy atom. The first-order chi connectivity index (χ1) is 15.1. The Morgan fingerprint density at radius 1 is 1.00 bits per heavy atom. The maximum atomic E-state index is 13.3. The van der Waals surface area contributed by atoms with Crippen LogP contribution in [0.4, 0.5) is 0 Å². The van der Waals surface area contributed by atoms with E-state index in [1.165, 1.54) is 19.3 Å². The zero-order valence-electron chi connectivity index (χ0n) is 21.4. The van der Waals surface area contributed by atoms with Gasteiger partial charge in [0, 0.05) is 12.3 Å². The molecule has 0 aromatic heterocycles. The van der Waals surface area contributed by atoms with Crippen LogP contribution < -0.4 is 0 Å². The Balaban J connectivity index is 1.55. The molecule has 0 aromatic carbocycles. The summed E-state index contributed by atoms with van der Waals surface area (Å²) < 4.78 is 0. The minimum Gasteiger partial charge on any atom is -0.390 e. The number of rotatable bonds is 6. The molecule has 4 aliphatic rings. The third-order valence-corrected chi connectivity index (χ3v) is 11.4. The number of carbonyl (C=O) groups excluding carboxylic acids is 1. The van der Waals surface area contributed by atoms with Gasteiger partial charge >= 0.3 is 0 Å². The van der Waals surface area contributed by atoms with Gasteiger partial charge in [-0.1, -0.05) is 60.1 Å². The minimum atomic E-state index is -0.668. The van der Waals surface area contributed by atoms with Crippen molar-refractivity contribution in [3.8, 4) is 0 Å². The Labute approximate surface area is 196 Å². The highest BCUT2D eigenvalue weighted by molar-refractivity contribution is 5.83. The van der Waals surface area contributed by atoms with Crippen molar-refractivity contribution < 1.29 is 15.0 Å². The molecule has 3 nitrogen and oxygen atoms in total. The first-order valence-electron chi connectivity index (χ1n) is 13.6. The van der Waals surface area contributed by atoms with Crippen molar-refractivity contribution in [3.63, 3.8) is 0 Å². The normalized spacial score (nSPS) is 45.0. The van der Waals surface area contributed by atoms with Gasteiger partial charge in [-0.25, -0.2) is 0 Å². The summed E-state index contributed by atoms with van der Waals surface area (Å²) in [5.41, 5.74) is 0.315. The first-order valence-corrected chi connectivity index (χ1v) is 13.6. The van der Waals surface area contributed by atoms with Gasteiger partial charge in [-0.3, -0.25) is 4.79 Å². The van der Waals surface area contributed by atoms with Crippen LogP contribution in [-0.2, 0) is 4.79 Å². The number of ketones is 1. The maximum Gasteiger partial charge on any atom is 0.137 e. The number of allylic oxidation sites excluding steroid dienone is 2. The summed E-state index contributed by atoms with van der Waals surface area (Å²) in [5, 5.41) is 22.3. The number of carbonyl (C=O) groups is 1. The van der Waals surface area contributed by atoms with Crippen molar-refractivity contribution >= 4 is 5.78 Å². The molecular formula is C29H48O3. The standard InChI is InChI=1S/C29H48O3/c1-7-19(17(2)3)27(32)26(31)18(4)21-11-12-22-20-16-25(30)24-10-8-9-14-28(24,5)23(20)13-15-29(21,22)6/h8-9,17-24,26-27,31-32H,7,10-16H2,1-6H3/t18-,19-,20-,21+,22-,23-,24?,26+,27+,28+,29+/m0/s1. The van der Waals surface area contributed by atoms with E-state index in [1.807, 2.05) is 0 Å². The van der Waals surface area contributed by atoms with Gasteiger partial charge in [0.25, 0.3) is 0 Å². The second-order valence-corrected chi connectivity index (χ2v) is 12.9. The van der Waals surface area contributed by atoms with Crippen LogP contribution in [0.1, 0.15) is 92.9 Å². The highest BCUT2D eigenvalue weighted by Gasteiger charge is 2.62. The average Bonchev–Trinajstić information content (AvgIpc) is 3.10. The number of aliphatic hydroxyl groups is 2. The molecule has 3 heteroatoms. The number of fused-ring (bicyclic) bond motifs is 5. The van der Waals surface area contributed by atoms with Crippen LogP contribution in [0, 0.1) is 58.2 Å². The van der Waals surface area contributed by atoms with Crippen molar-refractivity contribution in [2.45, 2.75) is 105 Å². The lowest BCUT2D eigenvalue weighted by Gasteiger charge is -2.59. The maximum absolute atomic E-state index is 13.3. The molecule has 4 rings (SSSR count). The van der Waals surface area contributed by atoms with E-state index < -0.39 is 12.2 Å². The van der Waals surface area contributed by atoms with Crippen molar-refractivity contribution in [2.24, 2.45) is 58.2 Å². The van der Waals surface area contributed by atoms with E-state index in [-0.39, 0.29) is 28.6 Å². The molecule has 1 unspecified atom stereocenters. The zero-order valence-corrected chi connectivity index (χ0v) is 21.4. The predicted molar refractivity (Wildman–Crippen MR) is 130 cm³/mol. The van der Waals surface area contributed by atoms with Crippen LogP contribution in [0.25, 0.3) is 0 Å². The van der Waals surface area contributed by atoms with E-state index in [2.05, 4.69) is 53.7 Å². The van der Waals surface area contributed by atoms with E-state index in [0.717, 1.165) is 32.1 Å². The van der Waals surface area contributed by atoms with Crippen LogP contribution >= 0.6 is 0 Å². The minimum absolute atomic E-state index is 0.0876. The number of Topliss-reactive ketones (excluding diaryl/α,β-unsaturated/α-hetero) is 1. The van der Waals surface area contributed by atoms with E-state index in [9.17, 15) is 15.0 Å². The van der Waals surface area contributed by atoms with Crippen molar-refractivity contribution in [1.29, 1.82) is 0 Å². The summed E-state index contributed by atoms with van der Waals surface area (Å²) in [5.74, 6) is 3.50. The molecule has 0 aromatic rings. The molecule has 182 valence electrons. The van der Waals surface area contributed by atoms with Gasteiger partial charge in [-0.15, -0.1) is 0 Å². The van der Waals surface area contributed by atoms with E-state index in [1.54, 1.807) is 0 Å². The fourth-order valence-corrected chi connectivity index (χ4v) is 9.47. The smallest absolute Gasteiger partial charge is 0.137 e. The number of hydrogen-bond acceptors (Lipinski definition) is 3. The van der Waals surface area contributed by atoms with Gasteiger partial charge in [0.2, 0.25) is 0 Å². The molecule has 3 saturated carbocycles. The molecule has 2 N–H and O–H groups in total. The summed E-state index contributed by atoms with van der Waals surface area (Å²) in [6, 6.07) is 0. The van der Waals surface area contributed by atoms with Crippen LogP contribution in [0.15, 0.2) is 12.2 Å². The van der Waals surface area contributed by atoms with Crippen molar-refractivity contribution in [2.75, 3.05) is 0 Å². The van der Waals surface area contributed by atoms with E-state index >= 15 is 0 Å². The first kappa shape index (κ1) is 24.5. The molecule has 0 aliphatic heterocycles. The third-order valence-electron chi connectivity index (χ3n) is 11.4. The summed E-state index contributed by atoms with van der Waals surface area (Å²) in [4.78, 5) is 13.3. The fourth-order valence-electron chi connectivity index (χ4n) is 9.47. The summed E-state index contributed by atoms with van der Waals surface area (Å²) in [6.45, 7) is 13.5. The number of hydrogen-bond donors (Lipinski definition) is 2. The second kappa shape index (κ2) is 8.84. The zero-order chi connectivity index (χ0) is 23.4. The molecule has 3 fully saturated rings. The monoisotopic (exact) mass is 444 g/mol. The van der Waals surface area contributed by atoms with Gasteiger partial charge in [-0.05, 0) is 90.8 Å². The van der Waals surface area contributed by atoms with Gasteiger partial charge in [-0.2, -0.15) is 0 Å². The quantitative estimate of drug-likeness (QED) is 0.492. The van der Waals surface area contributed by atoms with Crippen molar-refractivity contribution in [1.82, 2.24) is 0 Å². The molecule has 0 bridgehead atoms. The van der Waals surface area contributed by atoms with Crippen molar-refractivity contribution in [3.05, 3.63) is 12.2 Å². The van der Waals surface area contributed by atoms with Gasteiger partial charge in [0.05, 0.1) is 12.2 Å². The van der Waals surface area contributed by atoms with Crippen LogP contribution in [0.5, 0.6) is 0 Å². The Hall–Kier alpha value is -0.670. The van der Waals surface area contributed by atoms with E-state index in [0.29, 0.717) is 35.4 Å². The van der Waals surface area contributed by atoms with E-state index in [4.69, 9.17) is 0 Å². The Morgan fingerprint density at radius 3 is 2.34 bits per heavy atom. The molecule has 0 spiro atoms. The molecule has 0 radical (unpaired) electrons. The average molecular weight is 445 g/mol. The molecule has 0 saturated heterocycles. The summed E-state index contributed by atoms with van der Waals surface area (Å²) in [7, 11) is 0. The Bertz CT molecular complexity index is 728. The van der Waals surface area contributed by atoms with Crippen LogP contribution in [0.2, 0.25) is 0 Å². The molecule has 0 heterocycles. The predicted octanol–water partition coefficient (Wildman–Crippen LogP) is 6.03. The SMILES string of the molecule is CC[C@@H](C(C)C)[C@@H](O)[C@H](O)[C@@H](C)[C@H]1CC[C@H]2[C@@H]3CC(=O)C4CC=CC[C@]4(C)[C@H]3CC[C@]12C. The van der Waals surface area contributed by atoms with Gasteiger partial charge < -0.3 is 10.2 Å². The van der Waals surface area contributed by atoms with Gasteiger partial charge in [0.15, 0.2) is 0 Å². The van der Waals surface area contributed by atoms with Crippen LogP contribution in [0.3, 0.4) is 0 Å². The summed E-state index contributed by atoms with van der Waals surface area (Å²) in [6.07, 6.45) is 11.7. The number of aliphatic hydroxyl groups excluding tert-OH is 2. The summed E-state index contributed by atoms with van der Waals surface area (Å²) >= 11 is 0. The highest BCUT2D eigenvalue weighted by Crippen LogP contribution is 2.67. The Kier molecular flexibility index (Phi) is 6.75. The topological polar surface area (TPSA) is 57.5 Å². The lowest BCUT2D eigenvalue weighted by molar-refractivity contribution is -0.151. The second-order valence-electron chi connectivity index (χ2n) is 12.9. The largest absolute Gasteiger partial charge is 0.390 e. The molecule has 32 heavy (non-hydrogen) atoms. The van der Waals surface area contributed by atoms with Gasteiger partial charge in [0.1, 0.15) is 5.78 Å². The molecular weight excluding hydrogens is 396 g/mol. The highest BCUT2D eigenvalue weighted by atomic mass is 16.3. The van der Waals surface area contributed by atoms with Crippen LogP contribution in [-0.4, -0.2) is 28.2 Å². The fraction of sp³-hybridized carbons (Fsp3) is 0.897. The molecule has 4 aliphatic carbocycles. The third kappa shape index (κ3) is 3.65. The molecule has 0 amide bonds. The molecule has 11 atom stereocenters.